The van der Waals surface area contributed by atoms with Crippen molar-refractivity contribution in [2.45, 2.75) is 38.6 Å². The van der Waals surface area contributed by atoms with Crippen LogP contribution in [0.1, 0.15) is 42.0 Å². The molecule has 0 spiro atoms. The monoisotopic (exact) mass is 237 g/mol. The number of hydrogen-bond donors (Lipinski definition) is 1. The van der Waals surface area contributed by atoms with Gasteiger partial charge in [-0.2, -0.15) is 0 Å². The van der Waals surface area contributed by atoms with Gasteiger partial charge in [0, 0.05) is 19.2 Å². The van der Waals surface area contributed by atoms with Gasteiger partial charge in [0.2, 0.25) is 0 Å². The molecular weight excluding hydrogens is 218 g/mol. The van der Waals surface area contributed by atoms with Crippen molar-refractivity contribution in [2.75, 3.05) is 13.2 Å². The van der Waals surface area contributed by atoms with Crippen LogP contribution in [-0.2, 0) is 0 Å². The summed E-state index contributed by atoms with van der Waals surface area (Å²) >= 11 is 0. The van der Waals surface area contributed by atoms with E-state index in [0.717, 1.165) is 18.6 Å². The third kappa shape index (κ3) is 2.69. The quantitative estimate of drug-likeness (QED) is 0.851. The zero-order chi connectivity index (χ0) is 12.3. The molecule has 1 aliphatic rings. The maximum absolute atomic E-state index is 12.2. The van der Waals surface area contributed by atoms with E-state index in [1.165, 1.54) is 6.42 Å². The van der Waals surface area contributed by atoms with Crippen LogP contribution in [0.3, 0.4) is 0 Å². The molecule has 1 fully saturated rings. The van der Waals surface area contributed by atoms with E-state index < -0.39 is 0 Å². The van der Waals surface area contributed by atoms with Crippen LogP contribution < -0.4 is 0 Å². The number of carbonyl (C=O) groups is 1. The molecule has 0 saturated heterocycles. The Morgan fingerprint density at radius 2 is 2.29 bits per heavy atom. The predicted octanol–water partition coefficient (Wildman–Crippen LogP) is 1.97. The maximum atomic E-state index is 12.2. The minimum absolute atomic E-state index is 0.0451. The zero-order valence-electron chi connectivity index (χ0n) is 10.2. The number of nitrogens with zero attached hydrogens (tertiary/aromatic N) is 1. The smallest absolute Gasteiger partial charge is 0.289 e. The van der Waals surface area contributed by atoms with Crippen molar-refractivity contribution >= 4 is 5.91 Å². The van der Waals surface area contributed by atoms with Crippen molar-refractivity contribution in [2.24, 2.45) is 0 Å². The molecule has 1 heterocycles. The van der Waals surface area contributed by atoms with Crippen molar-refractivity contribution in [1.29, 1.82) is 0 Å². The number of aliphatic hydroxyl groups is 1. The average molecular weight is 237 g/mol. The van der Waals surface area contributed by atoms with Gasteiger partial charge in [0.1, 0.15) is 5.76 Å². The highest BCUT2D eigenvalue weighted by Gasteiger charge is 2.30. The highest BCUT2D eigenvalue weighted by Crippen LogP contribution is 2.26. The average Bonchev–Trinajstić information content (AvgIpc) is 2.67. The van der Waals surface area contributed by atoms with E-state index in [9.17, 15) is 4.79 Å². The van der Waals surface area contributed by atoms with E-state index in [1.807, 2.05) is 11.8 Å². The highest BCUT2D eigenvalue weighted by atomic mass is 16.3. The van der Waals surface area contributed by atoms with Gasteiger partial charge in [-0.1, -0.05) is 0 Å². The molecular formula is C13H19NO3. The minimum atomic E-state index is -0.0451. The van der Waals surface area contributed by atoms with Crippen LogP contribution in [0.25, 0.3) is 0 Å². The standard InChI is InChI=1S/C13H19NO3/c1-10-6-7-12(17-10)13(16)14(8-3-9-15)11-4-2-5-11/h6-7,11,15H,2-5,8-9H2,1H3. The number of furan rings is 1. The minimum Gasteiger partial charge on any atom is -0.456 e. The van der Waals surface area contributed by atoms with E-state index in [4.69, 9.17) is 9.52 Å². The summed E-state index contributed by atoms with van der Waals surface area (Å²) in [5, 5.41) is 8.88. The first-order valence-electron chi connectivity index (χ1n) is 6.20. The van der Waals surface area contributed by atoms with Crippen molar-refractivity contribution in [3.05, 3.63) is 23.7 Å². The largest absolute Gasteiger partial charge is 0.456 e. The van der Waals surface area contributed by atoms with Crippen LogP contribution in [0.15, 0.2) is 16.5 Å². The van der Waals surface area contributed by atoms with Gasteiger partial charge >= 0.3 is 0 Å². The molecule has 0 atom stereocenters. The molecule has 0 aromatic carbocycles. The Hall–Kier alpha value is -1.29. The van der Waals surface area contributed by atoms with E-state index in [0.29, 0.717) is 24.8 Å². The van der Waals surface area contributed by atoms with Crippen molar-refractivity contribution in [1.82, 2.24) is 4.90 Å². The lowest BCUT2D eigenvalue weighted by Crippen LogP contribution is -2.44. The lowest BCUT2D eigenvalue weighted by molar-refractivity contribution is 0.0529. The molecule has 17 heavy (non-hydrogen) atoms. The van der Waals surface area contributed by atoms with E-state index in [2.05, 4.69) is 0 Å². The first kappa shape index (κ1) is 12.2. The lowest BCUT2D eigenvalue weighted by atomic mass is 9.91. The molecule has 1 aromatic rings. The SMILES string of the molecule is Cc1ccc(C(=O)N(CCCO)C2CCC2)o1. The molecule has 0 radical (unpaired) electrons. The Morgan fingerprint density at radius 1 is 1.53 bits per heavy atom. The molecule has 4 nitrogen and oxygen atoms in total. The fourth-order valence-corrected chi connectivity index (χ4v) is 2.08. The van der Waals surface area contributed by atoms with Gasteiger partial charge in [-0.05, 0) is 44.7 Å². The number of hydrogen-bond acceptors (Lipinski definition) is 3. The van der Waals surface area contributed by atoms with Gasteiger partial charge in [0.25, 0.3) is 5.91 Å². The summed E-state index contributed by atoms with van der Waals surface area (Å²) in [7, 11) is 0. The van der Waals surface area contributed by atoms with E-state index in [-0.39, 0.29) is 12.5 Å². The molecule has 1 aliphatic carbocycles. The van der Waals surface area contributed by atoms with Gasteiger partial charge < -0.3 is 14.4 Å². The Morgan fingerprint density at radius 3 is 2.76 bits per heavy atom. The molecule has 94 valence electrons. The van der Waals surface area contributed by atoms with Crippen molar-refractivity contribution < 1.29 is 14.3 Å². The predicted molar refractivity (Wildman–Crippen MR) is 63.8 cm³/mol. The van der Waals surface area contributed by atoms with Gasteiger partial charge in [-0.15, -0.1) is 0 Å². The molecule has 4 heteroatoms. The number of aliphatic hydroxyl groups excluding tert-OH is 1. The van der Waals surface area contributed by atoms with Crippen LogP contribution >= 0.6 is 0 Å². The maximum Gasteiger partial charge on any atom is 0.289 e. The number of carbonyl (C=O) groups excluding carboxylic acids is 1. The summed E-state index contributed by atoms with van der Waals surface area (Å²) in [5.41, 5.74) is 0. The molecule has 2 rings (SSSR count). The summed E-state index contributed by atoms with van der Waals surface area (Å²) in [6.07, 6.45) is 3.94. The summed E-state index contributed by atoms with van der Waals surface area (Å²) in [6.45, 7) is 2.56. The van der Waals surface area contributed by atoms with E-state index in [1.54, 1.807) is 12.1 Å². The van der Waals surface area contributed by atoms with Gasteiger partial charge in [0.05, 0.1) is 0 Å². The van der Waals surface area contributed by atoms with Crippen LogP contribution in [0.4, 0.5) is 0 Å². The topological polar surface area (TPSA) is 53.7 Å². The highest BCUT2D eigenvalue weighted by molar-refractivity contribution is 5.91. The van der Waals surface area contributed by atoms with Crippen molar-refractivity contribution in [3.8, 4) is 0 Å². The number of aryl methyl sites for hydroxylation is 1. The molecule has 0 bridgehead atoms. The molecule has 1 amide bonds. The Balaban J connectivity index is 2.06. The lowest BCUT2D eigenvalue weighted by Gasteiger charge is -2.37. The Kier molecular flexibility index (Phi) is 3.84. The normalized spacial score (nSPS) is 15.6. The Labute approximate surface area is 101 Å². The Bertz CT molecular complexity index is 382. The second-order valence-corrected chi connectivity index (χ2v) is 4.57. The molecule has 1 saturated carbocycles. The van der Waals surface area contributed by atoms with Crippen LogP contribution in [-0.4, -0.2) is 35.1 Å². The first-order valence-corrected chi connectivity index (χ1v) is 6.20. The third-order valence-electron chi connectivity index (χ3n) is 3.28. The van der Waals surface area contributed by atoms with E-state index >= 15 is 0 Å². The summed E-state index contributed by atoms with van der Waals surface area (Å²) in [5.74, 6) is 1.12. The third-order valence-corrected chi connectivity index (χ3v) is 3.28. The van der Waals surface area contributed by atoms with Crippen LogP contribution in [0, 0.1) is 6.92 Å². The summed E-state index contributed by atoms with van der Waals surface area (Å²) in [4.78, 5) is 14.1. The zero-order valence-corrected chi connectivity index (χ0v) is 10.2. The molecule has 0 aliphatic heterocycles. The van der Waals surface area contributed by atoms with Gasteiger partial charge in [-0.3, -0.25) is 4.79 Å². The van der Waals surface area contributed by atoms with Crippen LogP contribution in [0.5, 0.6) is 0 Å². The second-order valence-electron chi connectivity index (χ2n) is 4.57. The molecule has 1 N–H and O–H groups in total. The fourth-order valence-electron chi connectivity index (χ4n) is 2.08. The summed E-state index contributed by atoms with van der Waals surface area (Å²) < 4.78 is 5.37. The second kappa shape index (κ2) is 5.36. The van der Waals surface area contributed by atoms with Crippen molar-refractivity contribution in [3.63, 3.8) is 0 Å². The van der Waals surface area contributed by atoms with Crippen LogP contribution in [0.2, 0.25) is 0 Å². The molecule has 0 unspecified atom stereocenters. The fraction of sp³-hybridized carbons (Fsp3) is 0.615. The number of rotatable bonds is 5. The molecule has 1 aromatic heterocycles. The van der Waals surface area contributed by atoms with Gasteiger partial charge in [0.15, 0.2) is 5.76 Å². The summed E-state index contributed by atoms with van der Waals surface area (Å²) in [6, 6.07) is 3.86. The van der Waals surface area contributed by atoms with Gasteiger partial charge in [-0.25, -0.2) is 0 Å². The number of amides is 1. The first-order chi connectivity index (χ1) is 8.22.